The minimum absolute atomic E-state index is 0.00262. The van der Waals surface area contributed by atoms with E-state index in [0.717, 1.165) is 0 Å². The van der Waals surface area contributed by atoms with Crippen molar-refractivity contribution < 1.29 is 9.72 Å². The molecule has 1 aromatic heterocycles. The van der Waals surface area contributed by atoms with Gasteiger partial charge in [-0.3, -0.25) is 14.9 Å². The number of carbonyl (C=O) groups excluding carboxylic acids is 1. The summed E-state index contributed by atoms with van der Waals surface area (Å²) in [6.45, 7) is 1.38. The van der Waals surface area contributed by atoms with Gasteiger partial charge < -0.3 is 5.32 Å². The van der Waals surface area contributed by atoms with Crippen LogP contribution in [-0.4, -0.2) is 15.8 Å². The summed E-state index contributed by atoms with van der Waals surface area (Å²) in [4.78, 5) is 25.5. The van der Waals surface area contributed by atoms with Crippen LogP contribution in [0.4, 0.5) is 10.8 Å². The number of carbonyl (C=O) groups is 1. The summed E-state index contributed by atoms with van der Waals surface area (Å²) < 4.78 is 0. The van der Waals surface area contributed by atoms with Crippen LogP contribution in [0.5, 0.6) is 0 Å². The molecule has 0 aliphatic carbocycles. The quantitative estimate of drug-likeness (QED) is 0.681. The maximum atomic E-state index is 10.9. The topological polar surface area (TPSA) is 85.1 Å². The molecule has 0 saturated heterocycles. The molecule has 0 aliphatic heterocycles. The number of benzene rings is 1. The van der Waals surface area contributed by atoms with E-state index >= 15 is 0 Å². The van der Waals surface area contributed by atoms with Crippen molar-refractivity contribution in [3.05, 3.63) is 39.8 Å². The van der Waals surface area contributed by atoms with Crippen molar-refractivity contribution >= 4 is 28.1 Å². The van der Waals surface area contributed by atoms with Gasteiger partial charge in [-0.1, -0.05) is 12.1 Å². The number of hydrogen-bond acceptors (Lipinski definition) is 5. The SMILES string of the molecule is CC(=O)Nc1nc(-c2ccccc2[N+](=O)[O-])cs1. The summed E-state index contributed by atoms with van der Waals surface area (Å²) in [6.07, 6.45) is 0. The molecule has 0 fully saturated rings. The molecule has 1 heterocycles. The predicted molar refractivity (Wildman–Crippen MR) is 68.5 cm³/mol. The van der Waals surface area contributed by atoms with Gasteiger partial charge in [-0.25, -0.2) is 4.98 Å². The number of nitro benzene ring substituents is 1. The third-order valence-corrected chi connectivity index (χ3v) is 2.92. The number of anilines is 1. The van der Waals surface area contributed by atoms with Gasteiger partial charge in [-0.05, 0) is 6.07 Å². The van der Waals surface area contributed by atoms with E-state index < -0.39 is 4.92 Å². The van der Waals surface area contributed by atoms with Gasteiger partial charge in [-0.15, -0.1) is 11.3 Å². The average molecular weight is 263 g/mol. The zero-order chi connectivity index (χ0) is 13.1. The maximum Gasteiger partial charge on any atom is 0.278 e. The van der Waals surface area contributed by atoms with Crippen LogP contribution >= 0.6 is 11.3 Å². The number of rotatable bonds is 3. The highest BCUT2D eigenvalue weighted by atomic mass is 32.1. The van der Waals surface area contributed by atoms with Crippen molar-refractivity contribution in [3.63, 3.8) is 0 Å². The Morgan fingerprint density at radius 1 is 1.44 bits per heavy atom. The maximum absolute atomic E-state index is 10.9. The van der Waals surface area contributed by atoms with E-state index in [0.29, 0.717) is 16.4 Å². The Bertz CT molecular complexity index is 609. The van der Waals surface area contributed by atoms with Crippen LogP contribution < -0.4 is 5.32 Å². The summed E-state index contributed by atoms with van der Waals surface area (Å²) in [5, 5.41) is 15.5. The number of thiazole rings is 1. The molecule has 1 amide bonds. The van der Waals surface area contributed by atoms with E-state index in [4.69, 9.17) is 0 Å². The number of nitro groups is 1. The van der Waals surface area contributed by atoms with Crippen molar-refractivity contribution in [3.8, 4) is 11.3 Å². The molecule has 0 atom stereocenters. The van der Waals surface area contributed by atoms with Crippen molar-refractivity contribution in [2.75, 3.05) is 5.32 Å². The summed E-state index contributed by atoms with van der Waals surface area (Å²) in [5.41, 5.74) is 0.920. The number of amides is 1. The number of aromatic nitrogens is 1. The van der Waals surface area contributed by atoms with Gasteiger partial charge in [0.05, 0.1) is 16.2 Å². The first kappa shape index (κ1) is 12.2. The normalized spacial score (nSPS) is 10.1. The van der Waals surface area contributed by atoms with Crippen LogP contribution in [0.1, 0.15) is 6.92 Å². The van der Waals surface area contributed by atoms with Crippen LogP contribution in [0, 0.1) is 10.1 Å². The average Bonchev–Trinajstić information content (AvgIpc) is 2.76. The Hall–Kier alpha value is -2.28. The van der Waals surface area contributed by atoms with E-state index in [1.165, 1.54) is 24.3 Å². The predicted octanol–water partition coefficient (Wildman–Crippen LogP) is 2.68. The minimum Gasteiger partial charge on any atom is -0.302 e. The van der Waals surface area contributed by atoms with Crippen LogP contribution in [0.2, 0.25) is 0 Å². The number of hydrogen-bond donors (Lipinski definition) is 1. The first-order chi connectivity index (χ1) is 8.58. The lowest BCUT2D eigenvalue weighted by molar-refractivity contribution is -0.384. The van der Waals surface area contributed by atoms with Gasteiger partial charge in [-0.2, -0.15) is 0 Å². The summed E-state index contributed by atoms with van der Waals surface area (Å²) in [6, 6.07) is 6.36. The van der Waals surface area contributed by atoms with Gasteiger partial charge >= 0.3 is 0 Å². The Labute approximate surface area is 106 Å². The van der Waals surface area contributed by atoms with Gasteiger partial charge in [0.1, 0.15) is 0 Å². The number of nitrogens with zero attached hydrogens (tertiary/aromatic N) is 2. The Balaban J connectivity index is 2.40. The highest BCUT2D eigenvalue weighted by Gasteiger charge is 2.16. The van der Waals surface area contributed by atoms with Gasteiger partial charge in [0.25, 0.3) is 5.69 Å². The second kappa shape index (κ2) is 4.92. The summed E-state index contributed by atoms with van der Waals surface area (Å²) in [5.74, 6) is -0.224. The molecule has 6 nitrogen and oxygen atoms in total. The second-order valence-corrected chi connectivity index (χ2v) is 4.35. The molecular formula is C11H9N3O3S. The summed E-state index contributed by atoms with van der Waals surface area (Å²) in [7, 11) is 0. The fourth-order valence-electron chi connectivity index (χ4n) is 1.45. The van der Waals surface area contributed by atoms with Gasteiger partial charge in [0.15, 0.2) is 5.13 Å². The standard InChI is InChI=1S/C11H9N3O3S/c1-7(15)12-11-13-9(6-18-11)8-4-2-3-5-10(8)14(16)17/h2-6H,1H3,(H,12,13,15). The van der Waals surface area contributed by atoms with E-state index in [9.17, 15) is 14.9 Å². The van der Waals surface area contributed by atoms with E-state index in [2.05, 4.69) is 10.3 Å². The molecule has 0 unspecified atom stereocenters. The molecule has 2 aromatic rings. The monoisotopic (exact) mass is 263 g/mol. The number of para-hydroxylation sites is 1. The third kappa shape index (κ3) is 2.51. The molecule has 7 heteroatoms. The van der Waals surface area contributed by atoms with Crippen LogP contribution in [0.25, 0.3) is 11.3 Å². The van der Waals surface area contributed by atoms with Crippen molar-refractivity contribution in [1.29, 1.82) is 0 Å². The molecule has 0 spiro atoms. The third-order valence-electron chi connectivity index (χ3n) is 2.16. The molecule has 0 aliphatic rings. The largest absolute Gasteiger partial charge is 0.302 e. The zero-order valence-corrected chi connectivity index (χ0v) is 10.2. The Morgan fingerprint density at radius 3 is 2.83 bits per heavy atom. The number of nitrogens with one attached hydrogen (secondary N) is 1. The molecule has 1 aromatic carbocycles. The fourth-order valence-corrected chi connectivity index (χ4v) is 2.21. The molecule has 1 N–H and O–H groups in total. The molecule has 92 valence electrons. The molecule has 0 saturated carbocycles. The highest BCUT2D eigenvalue weighted by molar-refractivity contribution is 7.14. The lowest BCUT2D eigenvalue weighted by Crippen LogP contribution is -2.05. The Morgan fingerprint density at radius 2 is 2.17 bits per heavy atom. The lowest BCUT2D eigenvalue weighted by Gasteiger charge is -1.98. The van der Waals surface area contributed by atoms with Crippen LogP contribution in [0.15, 0.2) is 29.6 Å². The van der Waals surface area contributed by atoms with Crippen LogP contribution in [-0.2, 0) is 4.79 Å². The minimum atomic E-state index is -0.452. The molecular weight excluding hydrogens is 254 g/mol. The molecule has 0 bridgehead atoms. The van der Waals surface area contributed by atoms with Crippen molar-refractivity contribution in [2.45, 2.75) is 6.92 Å². The van der Waals surface area contributed by atoms with E-state index in [1.807, 2.05) is 0 Å². The first-order valence-corrected chi connectivity index (χ1v) is 5.93. The van der Waals surface area contributed by atoms with Crippen molar-refractivity contribution in [2.24, 2.45) is 0 Å². The van der Waals surface area contributed by atoms with Gasteiger partial charge in [0, 0.05) is 18.4 Å². The van der Waals surface area contributed by atoms with E-state index in [-0.39, 0.29) is 11.6 Å². The van der Waals surface area contributed by atoms with E-state index in [1.54, 1.807) is 23.6 Å². The molecule has 18 heavy (non-hydrogen) atoms. The van der Waals surface area contributed by atoms with Crippen molar-refractivity contribution in [1.82, 2.24) is 4.98 Å². The lowest BCUT2D eigenvalue weighted by atomic mass is 10.1. The summed E-state index contributed by atoms with van der Waals surface area (Å²) >= 11 is 1.23. The van der Waals surface area contributed by atoms with Gasteiger partial charge in [0.2, 0.25) is 5.91 Å². The molecule has 0 radical (unpaired) electrons. The first-order valence-electron chi connectivity index (χ1n) is 5.05. The van der Waals surface area contributed by atoms with Crippen LogP contribution in [0.3, 0.4) is 0 Å². The Kier molecular flexibility index (Phi) is 3.33. The highest BCUT2D eigenvalue weighted by Crippen LogP contribution is 2.31. The molecule has 2 rings (SSSR count). The zero-order valence-electron chi connectivity index (χ0n) is 9.41. The smallest absolute Gasteiger partial charge is 0.278 e. The second-order valence-electron chi connectivity index (χ2n) is 3.49. The fraction of sp³-hybridized carbons (Fsp3) is 0.0909.